The van der Waals surface area contributed by atoms with Crippen molar-refractivity contribution in [2.75, 3.05) is 6.61 Å². The van der Waals surface area contributed by atoms with Gasteiger partial charge in [-0.3, -0.25) is 0 Å². The Balaban J connectivity index is 1.44. The van der Waals surface area contributed by atoms with Gasteiger partial charge in [0.2, 0.25) is 5.89 Å². The van der Waals surface area contributed by atoms with Crippen molar-refractivity contribution in [2.45, 2.75) is 25.8 Å². The first kappa shape index (κ1) is 18.7. The zero-order chi connectivity index (χ0) is 20.5. The highest BCUT2D eigenvalue weighted by atomic mass is 16.5. The van der Waals surface area contributed by atoms with Crippen molar-refractivity contribution in [1.29, 1.82) is 0 Å². The van der Waals surface area contributed by atoms with Crippen molar-refractivity contribution < 1.29 is 23.8 Å². The Kier molecular flexibility index (Phi) is 4.80. The molecule has 1 aromatic heterocycles. The number of aromatic nitrogens is 1. The van der Waals surface area contributed by atoms with E-state index in [1.807, 2.05) is 36.4 Å². The van der Waals surface area contributed by atoms with E-state index in [2.05, 4.69) is 22.4 Å². The molecule has 0 unspecified atom stereocenters. The third-order valence-electron chi connectivity index (χ3n) is 5.06. The average molecular weight is 392 g/mol. The minimum atomic E-state index is -1.18. The van der Waals surface area contributed by atoms with Gasteiger partial charge in [-0.05, 0) is 36.1 Å². The van der Waals surface area contributed by atoms with Crippen LogP contribution >= 0.6 is 0 Å². The van der Waals surface area contributed by atoms with Gasteiger partial charge in [-0.1, -0.05) is 48.5 Å². The second-order valence-electron chi connectivity index (χ2n) is 6.95. The summed E-state index contributed by atoms with van der Waals surface area (Å²) >= 11 is 0. The number of ether oxygens (including phenoxy) is 1. The van der Waals surface area contributed by atoms with Crippen LogP contribution in [0.5, 0.6) is 0 Å². The standard InChI is InChI=1S/C22H20N2O5/c1-12(20-24-19(21(25)26)13(2)29-20)23-22(27)28-11-18-16-9-5-3-7-14(16)15-8-4-6-10-17(15)18/h3-10,12,18H,11H2,1-2H3,(H,23,27)(H,25,26)/t12-/m0/s1. The van der Waals surface area contributed by atoms with E-state index in [0.717, 1.165) is 22.3 Å². The van der Waals surface area contributed by atoms with Crippen molar-refractivity contribution in [3.8, 4) is 11.1 Å². The first-order chi connectivity index (χ1) is 14.0. The van der Waals surface area contributed by atoms with Crippen LogP contribution in [-0.2, 0) is 4.74 Å². The van der Waals surface area contributed by atoms with Crippen LogP contribution in [0.25, 0.3) is 11.1 Å². The van der Waals surface area contributed by atoms with Crippen LogP contribution in [0, 0.1) is 6.92 Å². The molecule has 1 aliphatic rings. The van der Waals surface area contributed by atoms with Crippen LogP contribution in [0.15, 0.2) is 52.9 Å². The van der Waals surface area contributed by atoms with Crippen molar-refractivity contribution >= 4 is 12.1 Å². The SMILES string of the molecule is Cc1oc([C@H](C)NC(=O)OCC2c3ccccc3-c3ccccc32)nc1C(=O)O. The number of carboxylic acid groups (broad SMARTS) is 1. The number of hydrogen-bond acceptors (Lipinski definition) is 5. The third-order valence-corrected chi connectivity index (χ3v) is 5.06. The monoisotopic (exact) mass is 392 g/mol. The third kappa shape index (κ3) is 3.47. The number of aromatic carboxylic acids is 1. The van der Waals surface area contributed by atoms with E-state index in [1.54, 1.807) is 6.92 Å². The second-order valence-corrected chi connectivity index (χ2v) is 6.95. The fourth-order valence-corrected chi connectivity index (χ4v) is 3.68. The predicted octanol–water partition coefficient (Wildman–Crippen LogP) is 4.28. The molecular formula is C22H20N2O5. The summed E-state index contributed by atoms with van der Waals surface area (Å²) in [6.07, 6.45) is -0.618. The lowest BCUT2D eigenvalue weighted by molar-refractivity contribution is 0.0689. The Morgan fingerprint density at radius 1 is 1.14 bits per heavy atom. The average Bonchev–Trinajstić information content (AvgIpc) is 3.25. The molecule has 0 spiro atoms. The highest BCUT2D eigenvalue weighted by Gasteiger charge is 2.29. The van der Waals surface area contributed by atoms with Gasteiger partial charge in [-0.25, -0.2) is 14.6 Å². The first-order valence-corrected chi connectivity index (χ1v) is 9.28. The summed E-state index contributed by atoms with van der Waals surface area (Å²) in [6, 6.07) is 15.6. The molecule has 0 radical (unpaired) electrons. The summed E-state index contributed by atoms with van der Waals surface area (Å²) < 4.78 is 10.8. The van der Waals surface area contributed by atoms with Gasteiger partial charge in [0.25, 0.3) is 0 Å². The summed E-state index contributed by atoms with van der Waals surface area (Å²) in [5, 5.41) is 11.7. The lowest BCUT2D eigenvalue weighted by Gasteiger charge is -2.16. The Hall–Kier alpha value is -3.61. The van der Waals surface area contributed by atoms with Crippen LogP contribution in [0.1, 0.15) is 52.1 Å². The lowest BCUT2D eigenvalue weighted by Crippen LogP contribution is -2.29. The van der Waals surface area contributed by atoms with Gasteiger partial charge in [0.15, 0.2) is 5.69 Å². The molecule has 148 valence electrons. The van der Waals surface area contributed by atoms with Crippen molar-refractivity contribution in [3.63, 3.8) is 0 Å². The Morgan fingerprint density at radius 2 is 1.72 bits per heavy atom. The number of nitrogens with one attached hydrogen (secondary N) is 1. The molecule has 29 heavy (non-hydrogen) atoms. The molecule has 0 aliphatic heterocycles. The van der Waals surface area contributed by atoms with Crippen LogP contribution < -0.4 is 5.32 Å². The maximum Gasteiger partial charge on any atom is 0.407 e. The summed E-state index contributed by atoms with van der Waals surface area (Å²) in [4.78, 5) is 27.3. The van der Waals surface area contributed by atoms with Crippen LogP contribution in [0.4, 0.5) is 4.79 Å². The molecular weight excluding hydrogens is 372 g/mol. The number of hydrogen-bond donors (Lipinski definition) is 2. The number of nitrogens with zero attached hydrogens (tertiary/aromatic N) is 1. The normalized spacial score (nSPS) is 13.4. The van der Waals surface area contributed by atoms with E-state index in [0.29, 0.717) is 0 Å². The number of fused-ring (bicyclic) bond motifs is 3. The minimum absolute atomic E-state index is 0.0361. The van der Waals surface area contributed by atoms with E-state index in [4.69, 9.17) is 14.3 Å². The number of carboxylic acids is 1. The van der Waals surface area contributed by atoms with Gasteiger partial charge >= 0.3 is 12.1 Å². The zero-order valence-corrected chi connectivity index (χ0v) is 16.0. The zero-order valence-electron chi connectivity index (χ0n) is 16.0. The molecule has 3 aromatic rings. The van der Waals surface area contributed by atoms with Crippen molar-refractivity contribution in [3.05, 3.63) is 77.0 Å². The molecule has 7 nitrogen and oxygen atoms in total. The van der Waals surface area contributed by atoms with Gasteiger partial charge in [0.1, 0.15) is 18.4 Å². The van der Waals surface area contributed by atoms with Crippen LogP contribution in [0.2, 0.25) is 0 Å². The number of alkyl carbamates (subject to hydrolysis) is 1. The van der Waals surface area contributed by atoms with E-state index in [-0.39, 0.29) is 29.9 Å². The van der Waals surface area contributed by atoms with Gasteiger partial charge in [0.05, 0.1) is 0 Å². The van der Waals surface area contributed by atoms with Gasteiger partial charge in [0, 0.05) is 5.92 Å². The maximum atomic E-state index is 12.3. The smallest absolute Gasteiger partial charge is 0.407 e. The van der Waals surface area contributed by atoms with E-state index in [1.165, 1.54) is 6.92 Å². The molecule has 1 amide bonds. The fraction of sp³-hybridized carbons (Fsp3) is 0.227. The number of aryl methyl sites for hydroxylation is 1. The molecule has 2 N–H and O–H groups in total. The molecule has 1 heterocycles. The quantitative estimate of drug-likeness (QED) is 0.672. The fourth-order valence-electron chi connectivity index (χ4n) is 3.68. The lowest BCUT2D eigenvalue weighted by atomic mass is 9.98. The van der Waals surface area contributed by atoms with Crippen molar-refractivity contribution in [2.24, 2.45) is 0 Å². The molecule has 4 rings (SSSR count). The molecule has 1 aliphatic carbocycles. The summed E-state index contributed by atoms with van der Waals surface area (Å²) in [5.41, 5.74) is 4.40. The number of oxazole rings is 1. The number of benzene rings is 2. The number of amides is 1. The topological polar surface area (TPSA) is 102 Å². The maximum absolute atomic E-state index is 12.3. The molecule has 0 saturated heterocycles. The van der Waals surface area contributed by atoms with Crippen LogP contribution in [0.3, 0.4) is 0 Å². The highest BCUT2D eigenvalue weighted by Crippen LogP contribution is 2.44. The number of carbonyl (C=O) groups excluding carboxylic acids is 1. The molecule has 0 fully saturated rings. The number of carbonyl (C=O) groups is 2. The van der Waals surface area contributed by atoms with Gasteiger partial charge in [-0.2, -0.15) is 0 Å². The van der Waals surface area contributed by atoms with Crippen molar-refractivity contribution in [1.82, 2.24) is 10.3 Å². The minimum Gasteiger partial charge on any atom is -0.476 e. The van der Waals surface area contributed by atoms with Gasteiger partial charge < -0.3 is 19.6 Å². The predicted molar refractivity (Wildman–Crippen MR) is 105 cm³/mol. The molecule has 0 bridgehead atoms. The second kappa shape index (κ2) is 7.43. The van der Waals surface area contributed by atoms with E-state index >= 15 is 0 Å². The highest BCUT2D eigenvalue weighted by molar-refractivity contribution is 5.86. The molecule has 2 aromatic carbocycles. The van der Waals surface area contributed by atoms with E-state index < -0.39 is 18.1 Å². The molecule has 7 heteroatoms. The molecule has 0 saturated carbocycles. The largest absolute Gasteiger partial charge is 0.476 e. The number of rotatable bonds is 5. The Bertz CT molecular complexity index is 1040. The Morgan fingerprint density at radius 3 is 2.28 bits per heavy atom. The first-order valence-electron chi connectivity index (χ1n) is 9.28. The summed E-state index contributed by atoms with van der Waals surface area (Å²) in [6.45, 7) is 3.36. The molecule has 1 atom stereocenters. The van der Waals surface area contributed by atoms with Crippen LogP contribution in [-0.4, -0.2) is 28.8 Å². The summed E-state index contributed by atoms with van der Waals surface area (Å²) in [7, 11) is 0. The van der Waals surface area contributed by atoms with Gasteiger partial charge in [-0.15, -0.1) is 0 Å². The van der Waals surface area contributed by atoms with E-state index in [9.17, 15) is 9.59 Å². The Labute approximate surface area is 167 Å². The summed E-state index contributed by atoms with van der Waals surface area (Å²) in [5.74, 6) is -0.904.